The van der Waals surface area contributed by atoms with Gasteiger partial charge in [0.15, 0.2) is 6.54 Å². The van der Waals surface area contributed by atoms with E-state index in [0.29, 0.717) is 17.1 Å². The quantitative estimate of drug-likeness (QED) is 0.722. The molecule has 26 heavy (non-hydrogen) atoms. The zero-order valence-corrected chi connectivity index (χ0v) is 16.2. The molecule has 2 aromatic rings. The van der Waals surface area contributed by atoms with Gasteiger partial charge in [0, 0.05) is 10.4 Å². The number of likely N-dealkylation sites (N-methyl/N-ethyl adjacent to an activating group) is 1. The second-order valence-corrected chi connectivity index (χ2v) is 8.17. The van der Waals surface area contributed by atoms with E-state index < -0.39 is 5.91 Å². The van der Waals surface area contributed by atoms with Gasteiger partial charge in [0.25, 0.3) is 11.8 Å². The van der Waals surface area contributed by atoms with E-state index in [0.717, 1.165) is 42.7 Å². The van der Waals surface area contributed by atoms with Crippen LogP contribution >= 0.6 is 11.3 Å². The van der Waals surface area contributed by atoms with Gasteiger partial charge in [-0.15, -0.1) is 11.3 Å². The number of nitrogens with one attached hydrogen (secondary N) is 2. The van der Waals surface area contributed by atoms with Crippen LogP contribution in [0.15, 0.2) is 24.3 Å². The van der Waals surface area contributed by atoms with Gasteiger partial charge in [-0.05, 0) is 43.7 Å². The molecule has 1 atom stereocenters. The van der Waals surface area contributed by atoms with Crippen LogP contribution in [0, 0.1) is 6.92 Å². The Morgan fingerprint density at radius 2 is 1.96 bits per heavy atom. The van der Waals surface area contributed by atoms with Gasteiger partial charge in [-0.25, -0.2) is 0 Å². The first kappa shape index (κ1) is 18.6. The van der Waals surface area contributed by atoms with Gasteiger partial charge in [0.2, 0.25) is 0 Å². The van der Waals surface area contributed by atoms with Crippen molar-refractivity contribution < 1.29 is 14.5 Å². The number of fused-ring (bicyclic) bond motifs is 1. The molecule has 2 amide bonds. The highest BCUT2D eigenvalue weighted by Gasteiger charge is 2.25. The molecule has 1 aromatic carbocycles. The van der Waals surface area contributed by atoms with E-state index in [9.17, 15) is 9.59 Å². The molecule has 0 radical (unpaired) electrons. The number of nitrogens with two attached hydrogens (primary N) is 1. The number of benzene rings is 1. The molecule has 0 bridgehead atoms. The fraction of sp³-hybridized carbons (Fsp3) is 0.400. The van der Waals surface area contributed by atoms with E-state index in [1.807, 2.05) is 19.2 Å². The van der Waals surface area contributed by atoms with Crippen molar-refractivity contribution in [3.05, 3.63) is 51.4 Å². The molecule has 0 saturated carbocycles. The second-order valence-electron chi connectivity index (χ2n) is 7.06. The fourth-order valence-electron chi connectivity index (χ4n) is 3.56. The Balaban J connectivity index is 1.67. The number of quaternary nitrogens is 1. The lowest BCUT2D eigenvalue weighted by molar-refractivity contribution is -0.885. The van der Waals surface area contributed by atoms with Crippen LogP contribution in [0.1, 0.15) is 44.8 Å². The average molecular weight is 373 g/mol. The van der Waals surface area contributed by atoms with Crippen LogP contribution in [0.5, 0.6) is 0 Å². The van der Waals surface area contributed by atoms with E-state index in [4.69, 9.17) is 5.73 Å². The highest BCUT2D eigenvalue weighted by molar-refractivity contribution is 7.17. The number of primary amides is 1. The normalized spacial score (nSPS) is 14.5. The number of amides is 2. The predicted octanol–water partition coefficient (Wildman–Crippen LogP) is 1.69. The summed E-state index contributed by atoms with van der Waals surface area (Å²) >= 11 is 1.51. The van der Waals surface area contributed by atoms with Crippen LogP contribution in [-0.2, 0) is 24.2 Å². The van der Waals surface area contributed by atoms with Crippen molar-refractivity contribution in [1.82, 2.24) is 0 Å². The van der Waals surface area contributed by atoms with E-state index in [1.54, 1.807) is 0 Å². The van der Waals surface area contributed by atoms with Crippen LogP contribution in [-0.4, -0.2) is 25.4 Å². The minimum absolute atomic E-state index is 0.0859. The molecule has 3 rings (SSSR count). The third-order valence-corrected chi connectivity index (χ3v) is 6.09. The number of thiophene rings is 1. The summed E-state index contributed by atoms with van der Waals surface area (Å²) in [5.74, 6) is -0.530. The summed E-state index contributed by atoms with van der Waals surface area (Å²) < 4.78 is 0. The summed E-state index contributed by atoms with van der Waals surface area (Å²) in [6.07, 6.45) is 4.04. The first-order valence-corrected chi connectivity index (χ1v) is 9.87. The Bertz CT molecular complexity index is 828. The summed E-state index contributed by atoms with van der Waals surface area (Å²) in [6, 6.07) is 8.21. The SMILES string of the molecule is Cc1ccccc1C[NH+](C)CC(=O)Nc1sc2c(c1C(N)=O)CCCC2. The van der Waals surface area contributed by atoms with E-state index in [-0.39, 0.29) is 5.91 Å². The van der Waals surface area contributed by atoms with Crippen LogP contribution in [0.3, 0.4) is 0 Å². The standard InChI is InChI=1S/C20H25N3O2S/c1-13-7-3-4-8-14(13)11-23(2)12-17(24)22-20-18(19(21)25)15-9-5-6-10-16(15)26-20/h3-4,7-8H,5-6,9-12H2,1-2H3,(H2,21,25)(H,22,24)/p+1. The molecule has 138 valence electrons. The van der Waals surface area contributed by atoms with Gasteiger partial charge in [-0.2, -0.15) is 0 Å². The van der Waals surface area contributed by atoms with Crippen molar-refractivity contribution in [3.63, 3.8) is 0 Å². The van der Waals surface area contributed by atoms with Crippen LogP contribution in [0.4, 0.5) is 5.00 Å². The summed E-state index contributed by atoms with van der Waals surface area (Å²) in [6.45, 7) is 3.21. The van der Waals surface area contributed by atoms with Crippen molar-refractivity contribution in [2.75, 3.05) is 18.9 Å². The smallest absolute Gasteiger partial charge is 0.280 e. The zero-order valence-electron chi connectivity index (χ0n) is 15.4. The average Bonchev–Trinajstić information content (AvgIpc) is 2.94. The first-order chi connectivity index (χ1) is 12.5. The van der Waals surface area contributed by atoms with Crippen molar-refractivity contribution in [1.29, 1.82) is 0 Å². The lowest BCUT2D eigenvalue weighted by atomic mass is 9.95. The van der Waals surface area contributed by atoms with Gasteiger partial charge in [0.05, 0.1) is 12.6 Å². The molecule has 0 aliphatic heterocycles. The van der Waals surface area contributed by atoms with Crippen LogP contribution in [0.2, 0.25) is 0 Å². The van der Waals surface area contributed by atoms with Crippen LogP contribution in [0.25, 0.3) is 0 Å². The third kappa shape index (κ3) is 4.14. The maximum Gasteiger partial charge on any atom is 0.280 e. The van der Waals surface area contributed by atoms with Gasteiger partial charge >= 0.3 is 0 Å². The molecular weight excluding hydrogens is 346 g/mol. The molecule has 4 N–H and O–H groups in total. The number of hydrogen-bond acceptors (Lipinski definition) is 3. The van der Waals surface area contributed by atoms with Gasteiger partial charge in [-0.3, -0.25) is 9.59 Å². The largest absolute Gasteiger partial charge is 0.365 e. The Hall–Kier alpha value is -2.18. The molecule has 6 heteroatoms. The number of carbonyl (C=O) groups excluding carboxylic acids is 2. The first-order valence-electron chi connectivity index (χ1n) is 9.05. The number of aryl methyl sites for hydroxylation is 2. The van der Waals surface area contributed by atoms with Gasteiger partial charge < -0.3 is 16.0 Å². The van der Waals surface area contributed by atoms with E-state index in [1.165, 1.54) is 27.3 Å². The third-order valence-electron chi connectivity index (χ3n) is 4.89. The zero-order chi connectivity index (χ0) is 18.7. The summed E-state index contributed by atoms with van der Waals surface area (Å²) in [4.78, 5) is 26.7. The summed E-state index contributed by atoms with van der Waals surface area (Å²) in [5.41, 5.74) is 9.63. The molecule has 1 aliphatic rings. The molecule has 0 saturated heterocycles. The van der Waals surface area contributed by atoms with E-state index >= 15 is 0 Å². The Morgan fingerprint density at radius 1 is 1.23 bits per heavy atom. The maximum atomic E-state index is 12.5. The lowest BCUT2D eigenvalue weighted by Gasteiger charge is -2.15. The fourth-order valence-corrected chi connectivity index (χ4v) is 4.87. The number of hydrogen-bond donors (Lipinski definition) is 3. The van der Waals surface area contributed by atoms with Crippen molar-refractivity contribution in [3.8, 4) is 0 Å². The maximum absolute atomic E-state index is 12.5. The van der Waals surface area contributed by atoms with Crippen molar-refractivity contribution >= 4 is 28.2 Å². The number of rotatable bonds is 6. The van der Waals surface area contributed by atoms with Gasteiger partial charge in [0.1, 0.15) is 11.5 Å². The minimum Gasteiger partial charge on any atom is -0.365 e. The monoisotopic (exact) mass is 372 g/mol. The minimum atomic E-state index is -0.444. The number of anilines is 1. The Morgan fingerprint density at radius 3 is 2.69 bits per heavy atom. The number of carbonyl (C=O) groups is 2. The lowest BCUT2D eigenvalue weighted by Crippen LogP contribution is -3.08. The Labute approximate surface area is 158 Å². The highest BCUT2D eigenvalue weighted by atomic mass is 32.1. The second kappa shape index (κ2) is 8.01. The topological polar surface area (TPSA) is 76.6 Å². The van der Waals surface area contributed by atoms with Crippen molar-refractivity contribution in [2.24, 2.45) is 5.73 Å². The molecule has 1 aliphatic carbocycles. The van der Waals surface area contributed by atoms with Gasteiger partial charge in [-0.1, -0.05) is 24.3 Å². The van der Waals surface area contributed by atoms with Crippen LogP contribution < -0.4 is 16.0 Å². The Kier molecular flexibility index (Phi) is 5.74. The molecular formula is C20H26N3O2S+. The molecule has 1 heterocycles. The van der Waals surface area contributed by atoms with E-state index in [2.05, 4.69) is 24.4 Å². The predicted molar refractivity (Wildman–Crippen MR) is 105 cm³/mol. The highest BCUT2D eigenvalue weighted by Crippen LogP contribution is 2.37. The van der Waals surface area contributed by atoms with Crippen molar-refractivity contribution in [2.45, 2.75) is 39.2 Å². The molecule has 0 fully saturated rings. The summed E-state index contributed by atoms with van der Waals surface area (Å²) in [7, 11) is 2.00. The summed E-state index contributed by atoms with van der Waals surface area (Å²) in [5, 5.41) is 3.56. The molecule has 1 aromatic heterocycles. The molecule has 0 spiro atoms. The molecule has 5 nitrogen and oxygen atoms in total. The molecule has 1 unspecified atom stereocenters.